The number of aromatic nitrogens is 1. The molecule has 3 heteroatoms. The number of rotatable bonds is 3. The molecule has 78 valence electrons. The highest BCUT2D eigenvalue weighted by Crippen LogP contribution is 2.24. The first-order chi connectivity index (χ1) is 7.33. The topological polar surface area (TPSA) is 27.8 Å². The van der Waals surface area contributed by atoms with Gasteiger partial charge in [0.2, 0.25) is 0 Å². The Labute approximate surface area is 93.6 Å². The molecule has 1 fully saturated rings. The van der Waals surface area contributed by atoms with Gasteiger partial charge >= 0.3 is 0 Å². The van der Waals surface area contributed by atoms with Gasteiger partial charge in [-0.15, -0.1) is 0 Å². The summed E-state index contributed by atoms with van der Waals surface area (Å²) in [6, 6.07) is 8.83. The Morgan fingerprint density at radius 1 is 1.40 bits per heavy atom. The van der Waals surface area contributed by atoms with E-state index in [1.54, 1.807) is 0 Å². The van der Waals surface area contributed by atoms with E-state index in [0.717, 1.165) is 28.5 Å². The van der Waals surface area contributed by atoms with Crippen LogP contribution in [0.3, 0.4) is 0 Å². The Bertz CT molecular complexity index is 485. The summed E-state index contributed by atoms with van der Waals surface area (Å²) in [5.74, 6) is 0. The fraction of sp³-hybridized carbons (Fsp3) is 0.333. The predicted octanol–water partition coefficient (Wildman–Crippen LogP) is 3.07. The molecule has 2 N–H and O–H groups in total. The summed E-state index contributed by atoms with van der Waals surface area (Å²) in [4.78, 5) is 3.37. The van der Waals surface area contributed by atoms with Gasteiger partial charge < -0.3 is 10.3 Å². The Hall–Kier alpha value is -0.990. The first-order valence-electron chi connectivity index (χ1n) is 5.32. The first-order valence-corrected chi connectivity index (χ1v) is 5.70. The maximum Gasteiger partial charge on any atom is 0.0499 e. The third-order valence-corrected chi connectivity index (χ3v) is 3.15. The number of benzene rings is 1. The molecule has 2 nitrogen and oxygen atoms in total. The zero-order valence-corrected chi connectivity index (χ0v) is 9.14. The molecule has 0 bridgehead atoms. The molecule has 3 rings (SSSR count). The molecule has 1 saturated carbocycles. The summed E-state index contributed by atoms with van der Waals surface area (Å²) in [6.45, 7) is 0.912. The Balaban J connectivity index is 1.88. The average Bonchev–Trinajstić information content (AvgIpc) is 2.95. The number of hydrogen-bond donors (Lipinski definition) is 2. The lowest BCUT2D eigenvalue weighted by atomic mass is 10.2. The quantitative estimate of drug-likeness (QED) is 0.818. The fourth-order valence-electron chi connectivity index (χ4n) is 1.81. The van der Waals surface area contributed by atoms with Crippen LogP contribution in [0.15, 0.2) is 24.3 Å². The van der Waals surface area contributed by atoms with Crippen molar-refractivity contribution >= 4 is 22.5 Å². The van der Waals surface area contributed by atoms with Crippen molar-refractivity contribution in [1.29, 1.82) is 0 Å². The van der Waals surface area contributed by atoms with E-state index in [1.165, 1.54) is 18.5 Å². The van der Waals surface area contributed by atoms with Gasteiger partial charge in [-0.3, -0.25) is 0 Å². The fourth-order valence-corrected chi connectivity index (χ4v) is 2.04. The minimum absolute atomic E-state index is 0.742. The third kappa shape index (κ3) is 1.87. The molecule has 15 heavy (non-hydrogen) atoms. The van der Waals surface area contributed by atoms with Gasteiger partial charge in [0.15, 0.2) is 0 Å². The van der Waals surface area contributed by atoms with Crippen LogP contribution in [0.1, 0.15) is 18.5 Å². The highest BCUT2D eigenvalue weighted by atomic mass is 35.5. The summed E-state index contributed by atoms with van der Waals surface area (Å²) >= 11 is 6.11. The number of H-pyrrole nitrogens is 1. The van der Waals surface area contributed by atoms with Crippen LogP contribution in [-0.2, 0) is 6.54 Å². The molecule has 0 amide bonds. The zero-order valence-electron chi connectivity index (χ0n) is 8.39. The molecule has 0 saturated heterocycles. The largest absolute Gasteiger partial charge is 0.357 e. The smallest absolute Gasteiger partial charge is 0.0499 e. The van der Waals surface area contributed by atoms with Gasteiger partial charge in [0.25, 0.3) is 0 Å². The van der Waals surface area contributed by atoms with Gasteiger partial charge in [-0.25, -0.2) is 0 Å². The highest BCUT2D eigenvalue weighted by molar-refractivity contribution is 6.35. The second kappa shape index (κ2) is 3.54. The third-order valence-electron chi connectivity index (χ3n) is 2.83. The van der Waals surface area contributed by atoms with Crippen molar-refractivity contribution in [2.24, 2.45) is 0 Å². The Kier molecular flexibility index (Phi) is 2.19. The summed E-state index contributed by atoms with van der Waals surface area (Å²) in [6.07, 6.45) is 2.64. The van der Waals surface area contributed by atoms with E-state index in [2.05, 4.69) is 22.4 Å². The predicted molar refractivity (Wildman–Crippen MR) is 63.2 cm³/mol. The van der Waals surface area contributed by atoms with Crippen LogP contribution in [0.5, 0.6) is 0 Å². The minimum Gasteiger partial charge on any atom is -0.357 e. The van der Waals surface area contributed by atoms with E-state index in [9.17, 15) is 0 Å². The molecule has 0 unspecified atom stereocenters. The van der Waals surface area contributed by atoms with Crippen LogP contribution in [0.2, 0.25) is 5.02 Å². The average molecular weight is 221 g/mol. The van der Waals surface area contributed by atoms with Crippen molar-refractivity contribution < 1.29 is 0 Å². The zero-order chi connectivity index (χ0) is 10.3. The van der Waals surface area contributed by atoms with Gasteiger partial charge in [-0.2, -0.15) is 0 Å². The number of aromatic amines is 1. The van der Waals surface area contributed by atoms with Crippen molar-refractivity contribution in [2.75, 3.05) is 0 Å². The lowest BCUT2D eigenvalue weighted by Gasteiger charge is -1.98. The molecule has 1 aliphatic rings. The molecule has 1 aliphatic carbocycles. The molecular formula is C12H13ClN2. The van der Waals surface area contributed by atoms with Crippen molar-refractivity contribution in [3.8, 4) is 0 Å². The monoisotopic (exact) mass is 220 g/mol. The van der Waals surface area contributed by atoms with Crippen LogP contribution in [-0.4, -0.2) is 11.0 Å². The van der Waals surface area contributed by atoms with E-state index < -0.39 is 0 Å². The summed E-state index contributed by atoms with van der Waals surface area (Å²) in [7, 11) is 0. The van der Waals surface area contributed by atoms with Gasteiger partial charge in [0.1, 0.15) is 0 Å². The van der Waals surface area contributed by atoms with Gasteiger partial charge in [0, 0.05) is 34.2 Å². The molecule has 1 heterocycles. The molecule has 1 aromatic carbocycles. The second-order valence-electron chi connectivity index (χ2n) is 4.15. The lowest BCUT2D eigenvalue weighted by Crippen LogP contribution is -2.15. The standard InChI is InChI=1S/C12H13ClN2/c13-11-2-1-3-12-10(11)6-9(15-12)7-14-8-4-5-8/h1-3,6,8,14-15H,4-5,7H2. The molecular weight excluding hydrogens is 208 g/mol. The first kappa shape index (κ1) is 9.25. The van der Waals surface area contributed by atoms with Crippen LogP contribution < -0.4 is 5.32 Å². The second-order valence-corrected chi connectivity index (χ2v) is 4.56. The number of hydrogen-bond acceptors (Lipinski definition) is 1. The van der Waals surface area contributed by atoms with Crippen molar-refractivity contribution in [2.45, 2.75) is 25.4 Å². The summed E-state index contributed by atoms with van der Waals surface area (Å²) < 4.78 is 0. The van der Waals surface area contributed by atoms with E-state index in [4.69, 9.17) is 11.6 Å². The minimum atomic E-state index is 0.742. The van der Waals surface area contributed by atoms with E-state index in [0.29, 0.717) is 0 Å². The molecule has 1 aromatic heterocycles. The van der Waals surface area contributed by atoms with E-state index >= 15 is 0 Å². The normalized spacial score (nSPS) is 16.1. The molecule has 0 aliphatic heterocycles. The maximum absolute atomic E-state index is 6.11. The lowest BCUT2D eigenvalue weighted by molar-refractivity contribution is 0.678. The van der Waals surface area contributed by atoms with Gasteiger partial charge in [-0.1, -0.05) is 17.7 Å². The SMILES string of the molecule is Clc1cccc2[nH]c(CNC3CC3)cc12. The van der Waals surface area contributed by atoms with Crippen LogP contribution in [0.4, 0.5) is 0 Å². The number of nitrogens with one attached hydrogen (secondary N) is 2. The van der Waals surface area contributed by atoms with E-state index in [1.807, 2.05) is 12.1 Å². The van der Waals surface area contributed by atoms with Crippen molar-refractivity contribution in [3.63, 3.8) is 0 Å². The van der Waals surface area contributed by atoms with Crippen LogP contribution >= 0.6 is 11.6 Å². The van der Waals surface area contributed by atoms with Gasteiger partial charge in [0.05, 0.1) is 0 Å². The number of fused-ring (bicyclic) bond motifs is 1. The molecule has 2 aromatic rings. The van der Waals surface area contributed by atoms with Gasteiger partial charge in [-0.05, 0) is 31.0 Å². The number of halogens is 1. The molecule has 0 atom stereocenters. The maximum atomic E-state index is 6.11. The van der Waals surface area contributed by atoms with Crippen LogP contribution in [0.25, 0.3) is 10.9 Å². The highest BCUT2D eigenvalue weighted by Gasteiger charge is 2.20. The van der Waals surface area contributed by atoms with Crippen molar-refractivity contribution in [3.05, 3.63) is 35.0 Å². The summed E-state index contributed by atoms with van der Waals surface area (Å²) in [5.41, 5.74) is 2.33. The molecule has 0 radical (unpaired) electrons. The van der Waals surface area contributed by atoms with Crippen molar-refractivity contribution in [1.82, 2.24) is 10.3 Å². The van der Waals surface area contributed by atoms with Crippen LogP contribution in [0, 0.1) is 0 Å². The Morgan fingerprint density at radius 2 is 2.27 bits per heavy atom. The summed E-state index contributed by atoms with van der Waals surface area (Å²) in [5, 5.41) is 5.42. The molecule has 0 spiro atoms. The van der Waals surface area contributed by atoms with E-state index in [-0.39, 0.29) is 0 Å². The Morgan fingerprint density at radius 3 is 3.00 bits per heavy atom.